The second-order valence-corrected chi connectivity index (χ2v) is 3.39. The predicted molar refractivity (Wildman–Crippen MR) is 57.4 cm³/mol. The fourth-order valence-electron chi connectivity index (χ4n) is 1.44. The number of aromatic nitrogens is 3. The molecule has 0 aliphatic rings. The van der Waals surface area contributed by atoms with Crippen molar-refractivity contribution in [3.05, 3.63) is 41.7 Å². The maximum Gasteiger partial charge on any atom is 0.340 e. The minimum Gasteiger partial charge on any atom is -0.465 e. The third kappa shape index (κ3) is 2.15. The molecule has 0 fully saturated rings. The highest BCUT2D eigenvalue weighted by Crippen LogP contribution is 2.16. The van der Waals surface area contributed by atoms with Crippen LogP contribution in [0.2, 0.25) is 0 Å². The smallest absolute Gasteiger partial charge is 0.340 e. The Bertz CT molecular complexity index is 566. The molecule has 0 spiro atoms. The predicted octanol–water partition coefficient (Wildman–Crippen LogP) is 1.50. The lowest BCUT2D eigenvalue weighted by atomic mass is 10.2. The fourth-order valence-corrected chi connectivity index (χ4v) is 1.44. The third-order valence-corrected chi connectivity index (χ3v) is 2.22. The monoisotopic (exact) mass is 235 g/mol. The van der Waals surface area contributed by atoms with Gasteiger partial charge < -0.3 is 4.74 Å². The van der Waals surface area contributed by atoms with Gasteiger partial charge in [0.15, 0.2) is 0 Å². The molecule has 0 N–H and O–H groups in total. The lowest BCUT2D eigenvalue weighted by molar-refractivity contribution is 0.0600. The molecule has 0 atom stereocenters. The summed E-state index contributed by atoms with van der Waals surface area (Å²) in [6.45, 7) is 1.72. The summed E-state index contributed by atoms with van der Waals surface area (Å²) in [5.41, 5.74) is 0.538. The van der Waals surface area contributed by atoms with E-state index in [0.29, 0.717) is 11.5 Å². The minimum atomic E-state index is -0.618. The molecular formula is C11H10FN3O2. The average molecular weight is 235 g/mol. The Morgan fingerprint density at radius 3 is 2.82 bits per heavy atom. The largest absolute Gasteiger partial charge is 0.465 e. The lowest BCUT2D eigenvalue weighted by Crippen LogP contribution is -2.09. The molecule has 0 aliphatic heterocycles. The van der Waals surface area contributed by atoms with E-state index in [1.165, 1.54) is 30.3 Å². The van der Waals surface area contributed by atoms with Crippen molar-refractivity contribution in [1.29, 1.82) is 0 Å². The number of methoxy groups -OCH3 is 1. The standard InChI is InChI=1S/C11H10FN3O2/c1-7-13-6-15(14-7)10-4-3-8(12)5-9(10)11(16)17-2/h3-6H,1-2H3. The number of benzene rings is 1. The van der Waals surface area contributed by atoms with Gasteiger partial charge in [0.05, 0.1) is 18.4 Å². The summed E-state index contributed by atoms with van der Waals surface area (Å²) in [6.07, 6.45) is 1.45. The molecule has 0 bridgehead atoms. The molecule has 88 valence electrons. The van der Waals surface area contributed by atoms with Crippen molar-refractivity contribution >= 4 is 5.97 Å². The lowest BCUT2D eigenvalue weighted by Gasteiger charge is -2.07. The van der Waals surface area contributed by atoms with E-state index in [0.717, 1.165) is 6.07 Å². The topological polar surface area (TPSA) is 57.0 Å². The zero-order valence-corrected chi connectivity index (χ0v) is 9.35. The van der Waals surface area contributed by atoms with Gasteiger partial charge in [-0.1, -0.05) is 0 Å². The van der Waals surface area contributed by atoms with Gasteiger partial charge in [0, 0.05) is 0 Å². The zero-order chi connectivity index (χ0) is 12.4. The van der Waals surface area contributed by atoms with E-state index in [1.807, 2.05) is 0 Å². The summed E-state index contributed by atoms with van der Waals surface area (Å²) in [4.78, 5) is 15.5. The van der Waals surface area contributed by atoms with Gasteiger partial charge in [-0.3, -0.25) is 0 Å². The van der Waals surface area contributed by atoms with Gasteiger partial charge in [-0.05, 0) is 25.1 Å². The molecule has 1 aromatic carbocycles. The van der Waals surface area contributed by atoms with Gasteiger partial charge in [-0.15, -0.1) is 0 Å². The molecule has 17 heavy (non-hydrogen) atoms. The minimum absolute atomic E-state index is 0.109. The molecule has 0 radical (unpaired) electrons. The number of carbonyl (C=O) groups is 1. The van der Waals surface area contributed by atoms with Crippen LogP contribution >= 0.6 is 0 Å². The van der Waals surface area contributed by atoms with Crippen molar-refractivity contribution in [2.75, 3.05) is 7.11 Å². The number of ether oxygens (including phenoxy) is 1. The summed E-state index contributed by atoms with van der Waals surface area (Å²) in [5.74, 6) is -0.566. The molecule has 0 saturated heterocycles. The second-order valence-electron chi connectivity index (χ2n) is 3.39. The molecular weight excluding hydrogens is 225 g/mol. The number of esters is 1. The summed E-state index contributed by atoms with van der Waals surface area (Å²) in [5, 5.41) is 4.06. The molecule has 0 unspecified atom stereocenters. The van der Waals surface area contributed by atoms with Crippen LogP contribution in [0.1, 0.15) is 16.2 Å². The van der Waals surface area contributed by atoms with E-state index in [2.05, 4.69) is 14.8 Å². The van der Waals surface area contributed by atoms with E-state index in [9.17, 15) is 9.18 Å². The van der Waals surface area contributed by atoms with Gasteiger partial charge in [0.25, 0.3) is 0 Å². The average Bonchev–Trinajstić information content (AvgIpc) is 2.74. The molecule has 0 amide bonds. The van der Waals surface area contributed by atoms with Crippen molar-refractivity contribution in [1.82, 2.24) is 14.8 Å². The highest BCUT2D eigenvalue weighted by Gasteiger charge is 2.15. The Kier molecular flexibility index (Phi) is 2.86. The number of hydrogen-bond acceptors (Lipinski definition) is 4. The van der Waals surface area contributed by atoms with Crippen LogP contribution in [0.5, 0.6) is 0 Å². The number of aryl methyl sites for hydroxylation is 1. The fraction of sp³-hybridized carbons (Fsp3) is 0.182. The van der Waals surface area contributed by atoms with E-state index in [4.69, 9.17) is 0 Å². The van der Waals surface area contributed by atoms with Crippen LogP contribution in [0, 0.1) is 12.7 Å². The Morgan fingerprint density at radius 2 is 2.24 bits per heavy atom. The van der Waals surface area contributed by atoms with Gasteiger partial charge in [0.2, 0.25) is 0 Å². The van der Waals surface area contributed by atoms with E-state index >= 15 is 0 Å². The maximum absolute atomic E-state index is 13.1. The molecule has 5 nitrogen and oxygen atoms in total. The first-order valence-electron chi connectivity index (χ1n) is 4.88. The van der Waals surface area contributed by atoms with Crippen LogP contribution in [0.25, 0.3) is 5.69 Å². The summed E-state index contributed by atoms with van der Waals surface area (Å²) < 4.78 is 19.1. The molecule has 0 aliphatic carbocycles. The third-order valence-electron chi connectivity index (χ3n) is 2.22. The number of hydrogen-bond donors (Lipinski definition) is 0. The summed E-state index contributed by atoms with van der Waals surface area (Å²) in [7, 11) is 1.24. The van der Waals surface area contributed by atoms with Crippen LogP contribution in [0.3, 0.4) is 0 Å². The highest BCUT2D eigenvalue weighted by molar-refractivity contribution is 5.93. The molecule has 2 aromatic rings. The van der Waals surface area contributed by atoms with E-state index < -0.39 is 11.8 Å². The second kappa shape index (κ2) is 4.32. The molecule has 1 aromatic heterocycles. The van der Waals surface area contributed by atoms with Crippen LogP contribution in [-0.2, 0) is 4.74 Å². The number of carbonyl (C=O) groups excluding carboxylic acids is 1. The quantitative estimate of drug-likeness (QED) is 0.740. The van der Waals surface area contributed by atoms with Crippen molar-refractivity contribution < 1.29 is 13.9 Å². The van der Waals surface area contributed by atoms with Gasteiger partial charge in [-0.2, -0.15) is 5.10 Å². The SMILES string of the molecule is COC(=O)c1cc(F)ccc1-n1cnc(C)n1. The first kappa shape index (κ1) is 11.3. The Balaban J connectivity index is 2.57. The number of rotatable bonds is 2. The Hall–Kier alpha value is -2.24. The summed E-state index contributed by atoms with van der Waals surface area (Å²) >= 11 is 0. The molecule has 2 rings (SSSR count). The number of nitrogens with zero attached hydrogens (tertiary/aromatic N) is 3. The Morgan fingerprint density at radius 1 is 1.47 bits per heavy atom. The summed E-state index contributed by atoms with van der Waals surface area (Å²) in [6, 6.07) is 3.81. The molecule has 0 saturated carbocycles. The van der Waals surface area contributed by atoms with Crippen LogP contribution in [-0.4, -0.2) is 27.8 Å². The van der Waals surface area contributed by atoms with Gasteiger partial charge in [-0.25, -0.2) is 18.9 Å². The molecule has 6 heteroatoms. The Labute approximate surface area is 96.9 Å². The highest BCUT2D eigenvalue weighted by atomic mass is 19.1. The molecule has 1 heterocycles. The van der Waals surface area contributed by atoms with E-state index in [-0.39, 0.29) is 5.56 Å². The first-order valence-corrected chi connectivity index (χ1v) is 4.88. The van der Waals surface area contributed by atoms with Crippen molar-refractivity contribution in [2.45, 2.75) is 6.92 Å². The zero-order valence-electron chi connectivity index (χ0n) is 9.35. The van der Waals surface area contributed by atoms with Crippen LogP contribution < -0.4 is 0 Å². The maximum atomic E-state index is 13.1. The van der Waals surface area contributed by atoms with Crippen molar-refractivity contribution in [3.8, 4) is 5.69 Å². The van der Waals surface area contributed by atoms with Crippen molar-refractivity contribution in [3.63, 3.8) is 0 Å². The van der Waals surface area contributed by atoms with Crippen molar-refractivity contribution in [2.24, 2.45) is 0 Å². The normalized spacial score (nSPS) is 10.3. The van der Waals surface area contributed by atoms with Gasteiger partial charge >= 0.3 is 5.97 Å². The van der Waals surface area contributed by atoms with Gasteiger partial charge in [0.1, 0.15) is 18.0 Å². The number of halogens is 1. The van der Waals surface area contributed by atoms with Crippen LogP contribution in [0.4, 0.5) is 4.39 Å². The first-order chi connectivity index (χ1) is 8.11. The van der Waals surface area contributed by atoms with Crippen LogP contribution in [0.15, 0.2) is 24.5 Å². The van der Waals surface area contributed by atoms with E-state index in [1.54, 1.807) is 6.92 Å².